The van der Waals surface area contributed by atoms with Gasteiger partial charge >= 0.3 is 0 Å². The Morgan fingerprint density at radius 3 is 2.13 bits per heavy atom. The number of ether oxygens (including phenoxy) is 1. The van der Waals surface area contributed by atoms with E-state index in [9.17, 15) is 0 Å². The Morgan fingerprint density at radius 1 is 0.615 bits per heavy atom. The number of rotatable bonds is 2. The lowest BCUT2D eigenvalue weighted by atomic mass is 9.83. The quantitative estimate of drug-likeness (QED) is 0.236. The lowest BCUT2D eigenvalue weighted by Crippen LogP contribution is -2.21. The van der Waals surface area contributed by atoms with Crippen molar-refractivity contribution in [2.75, 3.05) is 0 Å². The van der Waals surface area contributed by atoms with Crippen molar-refractivity contribution >= 4 is 49.3 Å². The van der Waals surface area contributed by atoms with Crippen LogP contribution in [0.2, 0.25) is 0 Å². The summed E-state index contributed by atoms with van der Waals surface area (Å²) in [5.74, 6) is 1.17. The molecule has 184 valence electrons. The molecule has 7 aromatic rings. The molecule has 0 spiro atoms. The van der Waals surface area contributed by atoms with Gasteiger partial charge in [-0.3, -0.25) is 0 Å². The first-order valence-corrected chi connectivity index (χ1v) is 13.4. The van der Waals surface area contributed by atoms with Crippen LogP contribution < -0.4 is 4.74 Å². The van der Waals surface area contributed by atoms with Crippen LogP contribution >= 0.6 is 0 Å². The van der Waals surface area contributed by atoms with Gasteiger partial charge in [-0.15, -0.1) is 0 Å². The average Bonchev–Trinajstić information content (AvgIpc) is 3.66. The highest BCUT2D eigenvalue weighted by Gasteiger charge is 2.37. The van der Waals surface area contributed by atoms with Gasteiger partial charge in [0.15, 0.2) is 0 Å². The maximum Gasteiger partial charge on any atom is 0.137 e. The van der Waals surface area contributed by atoms with E-state index in [4.69, 9.17) is 9.15 Å². The van der Waals surface area contributed by atoms with E-state index in [0.717, 1.165) is 38.9 Å². The minimum atomic E-state index is -0.0663. The number of allylic oxidation sites excluding steroid dienone is 2. The number of hydrogen-bond acceptors (Lipinski definition) is 2. The van der Waals surface area contributed by atoms with Gasteiger partial charge in [-0.05, 0) is 42.0 Å². The predicted molar refractivity (Wildman–Crippen MR) is 159 cm³/mol. The number of nitrogens with zero attached hydrogens (tertiary/aromatic N) is 1. The van der Waals surface area contributed by atoms with Gasteiger partial charge in [0, 0.05) is 33.2 Å². The number of aromatic nitrogens is 1. The Hall–Kier alpha value is -5.02. The molecular weight excluding hydrogens is 478 g/mol. The molecule has 2 aromatic heterocycles. The summed E-state index contributed by atoms with van der Waals surface area (Å²) in [6.45, 7) is 0. The SMILES string of the molecule is C1=CC2c3ccccc3OC2C(c2cccc3oc4cccc(-n5c6ccccc6c6ccccc65)c4c23)=C1. The van der Waals surface area contributed by atoms with E-state index in [1.54, 1.807) is 0 Å². The van der Waals surface area contributed by atoms with Crippen molar-refractivity contribution in [1.29, 1.82) is 0 Å². The Labute approximate surface area is 224 Å². The fourth-order valence-electron chi connectivity index (χ4n) is 6.77. The van der Waals surface area contributed by atoms with Crippen LogP contribution in [0.5, 0.6) is 5.75 Å². The summed E-state index contributed by atoms with van der Waals surface area (Å²) < 4.78 is 15.5. The lowest BCUT2D eigenvalue weighted by molar-refractivity contribution is 0.278. The molecule has 5 aromatic carbocycles. The first-order valence-electron chi connectivity index (χ1n) is 13.4. The Bertz CT molecular complexity index is 2120. The van der Waals surface area contributed by atoms with Crippen LogP contribution in [0.3, 0.4) is 0 Å². The van der Waals surface area contributed by atoms with Gasteiger partial charge in [0.2, 0.25) is 0 Å². The van der Waals surface area contributed by atoms with Crippen LogP contribution in [0, 0.1) is 0 Å². The van der Waals surface area contributed by atoms with Crippen molar-refractivity contribution in [2.45, 2.75) is 12.0 Å². The standard InChI is InChI=1S/C36H23NO2/c1-4-16-28-22(10-1)23-11-2-5-17-29(23)37(28)30-18-9-21-33-35(30)34-25(13-8-20-32(34)38-33)27-15-7-14-26-24-12-3-6-19-31(24)39-36(26)27/h1-21,26,36H. The average molecular weight is 502 g/mol. The second-order valence-corrected chi connectivity index (χ2v) is 10.4. The van der Waals surface area contributed by atoms with E-state index in [-0.39, 0.29) is 12.0 Å². The van der Waals surface area contributed by atoms with E-state index < -0.39 is 0 Å². The summed E-state index contributed by atoms with van der Waals surface area (Å²) >= 11 is 0. The monoisotopic (exact) mass is 501 g/mol. The normalized spacial score (nSPS) is 18.0. The molecule has 3 nitrogen and oxygen atoms in total. The Morgan fingerprint density at radius 2 is 1.31 bits per heavy atom. The fraction of sp³-hybridized carbons (Fsp3) is 0.0556. The molecule has 0 amide bonds. The van der Waals surface area contributed by atoms with Crippen LogP contribution in [0.15, 0.2) is 132 Å². The van der Waals surface area contributed by atoms with Gasteiger partial charge < -0.3 is 13.7 Å². The largest absolute Gasteiger partial charge is 0.484 e. The molecule has 0 fully saturated rings. The molecule has 1 aliphatic heterocycles. The summed E-state index contributed by atoms with van der Waals surface area (Å²) in [5.41, 5.74) is 8.86. The molecule has 0 saturated heterocycles. The van der Waals surface area contributed by atoms with Crippen LogP contribution in [0.4, 0.5) is 0 Å². The summed E-state index contributed by atoms with van der Waals surface area (Å²) in [6.07, 6.45) is 6.58. The molecule has 0 N–H and O–H groups in total. The lowest BCUT2D eigenvalue weighted by Gasteiger charge is -2.23. The van der Waals surface area contributed by atoms with Crippen molar-refractivity contribution < 1.29 is 9.15 Å². The molecule has 3 heteroatoms. The summed E-state index contributed by atoms with van der Waals surface area (Å²) in [4.78, 5) is 0. The van der Waals surface area contributed by atoms with Gasteiger partial charge in [-0.25, -0.2) is 0 Å². The van der Waals surface area contributed by atoms with Crippen LogP contribution in [-0.2, 0) is 0 Å². The van der Waals surface area contributed by atoms with Gasteiger partial charge in [-0.1, -0.05) is 91.0 Å². The number of benzene rings is 5. The highest BCUT2D eigenvalue weighted by Crippen LogP contribution is 2.48. The molecule has 39 heavy (non-hydrogen) atoms. The van der Waals surface area contributed by atoms with Gasteiger partial charge in [0.1, 0.15) is 23.0 Å². The second kappa shape index (κ2) is 7.75. The molecule has 1 aliphatic carbocycles. The van der Waals surface area contributed by atoms with E-state index in [1.807, 2.05) is 6.07 Å². The molecule has 3 heterocycles. The maximum absolute atomic E-state index is 6.58. The number of furan rings is 1. The van der Waals surface area contributed by atoms with E-state index in [2.05, 4.69) is 126 Å². The van der Waals surface area contributed by atoms with Crippen LogP contribution in [0.1, 0.15) is 17.0 Å². The predicted octanol–water partition coefficient (Wildman–Crippen LogP) is 9.18. The topological polar surface area (TPSA) is 27.3 Å². The third-order valence-electron chi connectivity index (χ3n) is 8.39. The molecule has 2 atom stereocenters. The van der Waals surface area contributed by atoms with Crippen molar-refractivity contribution in [1.82, 2.24) is 4.57 Å². The maximum atomic E-state index is 6.58. The Balaban J connectivity index is 1.35. The van der Waals surface area contributed by atoms with Crippen LogP contribution in [0.25, 0.3) is 55.0 Å². The number of hydrogen-bond donors (Lipinski definition) is 0. The summed E-state index contributed by atoms with van der Waals surface area (Å²) in [5, 5.41) is 4.75. The van der Waals surface area contributed by atoms with Crippen molar-refractivity contribution in [2.24, 2.45) is 0 Å². The molecular formula is C36H23NO2. The van der Waals surface area contributed by atoms with Crippen molar-refractivity contribution in [3.63, 3.8) is 0 Å². The third kappa shape index (κ3) is 2.82. The van der Waals surface area contributed by atoms with Crippen molar-refractivity contribution in [3.8, 4) is 11.4 Å². The number of fused-ring (bicyclic) bond motifs is 9. The molecule has 2 aliphatic rings. The minimum absolute atomic E-state index is 0.0663. The molecule has 2 unspecified atom stereocenters. The summed E-state index contributed by atoms with van der Waals surface area (Å²) in [6, 6.07) is 38.5. The molecule has 0 bridgehead atoms. The number of para-hydroxylation sites is 3. The van der Waals surface area contributed by atoms with Gasteiger partial charge in [0.25, 0.3) is 0 Å². The van der Waals surface area contributed by atoms with Crippen LogP contribution in [-0.4, -0.2) is 10.7 Å². The van der Waals surface area contributed by atoms with Gasteiger partial charge in [-0.2, -0.15) is 0 Å². The molecule has 9 rings (SSSR count). The zero-order chi connectivity index (χ0) is 25.5. The highest BCUT2D eigenvalue weighted by molar-refractivity contribution is 6.17. The first-order chi connectivity index (χ1) is 19.4. The van der Waals surface area contributed by atoms with Gasteiger partial charge in [0.05, 0.1) is 22.1 Å². The first kappa shape index (κ1) is 21.0. The second-order valence-electron chi connectivity index (χ2n) is 10.4. The van der Waals surface area contributed by atoms with E-state index >= 15 is 0 Å². The molecule has 0 saturated carbocycles. The van der Waals surface area contributed by atoms with Crippen molar-refractivity contribution in [3.05, 3.63) is 139 Å². The molecule has 0 radical (unpaired) electrons. The fourth-order valence-corrected chi connectivity index (χ4v) is 6.77. The highest BCUT2D eigenvalue weighted by atomic mass is 16.5. The minimum Gasteiger partial charge on any atom is -0.484 e. The van der Waals surface area contributed by atoms with E-state index in [1.165, 1.54) is 32.9 Å². The van der Waals surface area contributed by atoms with E-state index in [0.29, 0.717) is 0 Å². The summed E-state index contributed by atoms with van der Waals surface area (Å²) in [7, 11) is 0. The zero-order valence-electron chi connectivity index (χ0n) is 21.0. The Kier molecular flexibility index (Phi) is 4.17. The zero-order valence-corrected chi connectivity index (χ0v) is 21.0. The smallest absolute Gasteiger partial charge is 0.137 e. The third-order valence-corrected chi connectivity index (χ3v) is 8.39.